The zero-order valence-electron chi connectivity index (χ0n) is 11.1. The van der Waals surface area contributed by atoms with Gasteiger partial charge in [0.1, 0.15) is 15.2 Å². The van der Waals surface area contributed by atoms with Crippen molar-refractivity contribution in [1.82, 2.24) is 0 Å². The third-order valence-electron chi connectivity index (χ3n) is 2.06. The Kier molecular flexibility index (Phi) is 5.38. The molecule has 1 heterocycles. The first-order valence-electron chi connectivity index (χ1n) is 5.92. The third-order valence-corrected chi connectivity index (χ3v) is 4.82. The molecule has 0 aliphatic carbocycles. The lowest BCUT2D eigenvalue weighted by atomic mass is 10.2. The van der Waals surface area contributed by atoms with E-state index >= 15 is 0 Å². The average Bonchev–Trinajstić information content (AvgIpc) is 2.57. The van der Waals surface area contributed by atoms with Gasteiger partial charge >= 0.3 is 5.97 Å². The predicted octanol–water partition coefficient (Wildman–Crippen LogP) is 3.33. The number of rotatable bonds is 3. The van der Waals surface area contributed by atoms with Gasteiger partial charge in [-0.05, 0) is 34.1 Å². The van der Waals surface area contributed by atoms with Crippen LogP contribution in [0.4, 0.5) is 0 Å². The summed E-state index contributed by atoms with van der Waals surface area (Å²) in [6.45, 7) is 9.78. The van der Waals surface area contributed by atoms with E-state index in [2.05, 4.69) is 11.9 Å². The van der Waals surface area contributed by atoms with Crippen molar-refractivity contribution in [2.45, 2.75) is 57.9 Å². The Labute approximate surface area is 112 Å². The molecule has 1 rings (SSSR count). The standard InChI is InChI=1S/C12H21NO2S2/c1-6-9(10(14)15-12(3,4)5)17-11-13-8(2)7-16-11/h8-9H,6-7H2,1-5H3/t8-,9-/m1/s1. The third kappa shape index (κ3) is 5.34. The summed E-state index contributed by atoms with van der Waals surface area (Å²) >= 11 is 3.28. The molecule has 0 aromatic rings. The molecule has 1 aliphatic heterocycles. The second-order valence-corrected chi connectivity index (χ2v) is 7.56. The Morgan fingerprint density at radius 2 is 2.29 bits per heavy atom. The monoisotopic (exact) mass is 275 g/mol. The minimum Gasteiger partial charge on any atom is -0.459 e. The van der Waals surface area contributed by atoms with E-state index in [-0.39, 0.29) is 11.2 Å². The zero-order valence-corrected chi connectivity index (χ0v) is 12.8. The normalized spacial score (nSPS) is 22.2. The number of nitrogens with zero attached hydrogens (tertiary/aromatic N) is 1. The molecular weight excluding hydrogens is 254 g/mol. The molecule has 2 atom stereocenters. The largest absolute Gasteiger partial charge is 0.459 e. The summed E-state index contributed by atoms with van der Waals surface area (Å²) in [4.78, 5) is 16.4. The van der Waals surface area contributed by atoms with E-state index in [0.29, 0.717) is 6.04 Å². The lowest BCUT2D eigenvalue weighted by molar-refractivity contribution is -0.154. The predicted molar refractivity (Wildman–Crippen MR) is 76.9 cm³/mol. The SMILES string of the molecule is CC[C@@H](SC1=N[C@H](C)CS1)C(=O)OC(C)(C)C. The van der Waals surface area contributed by atoms with Crippen LogP contribution in [0.5, 0.6) is 0 Å². The quantitative estimate of drug-likeness (QED) is 0.741. The van der Waals surface area contributed by atoms with Gasteiger partial charge in [0.2, 0.25) is 0 Å². The summed E-state index contributed by atoms with van der Waals surface area (Å²) in [6, 6.07) is 0.374. The van der Waals surface area contributed by atoms with E-state index in [0.717, 1.165) is 16.5 Å². The molecule has 98 valence electrons. The highest BCUT2D eigenvalue weighted by atomic mass is 32.2. The Hall–Kier alpha value is -0.160. The number of aliphatic imine (C=N–C) groups is 1. The summed E-state index contributed by atoms with van der Waals surface area (Å²) < 4.78 is 6.43. The minimum atomic E-state index is -0.414. The van der Waals surface area contributed by atoms with E-state index in [1.807, 2.05) is 27.7 Å². The molecular formula is C12H21NO2S2. The summed E-state index contributed by atoms with van der Waals surface area (Å²) in [7, 11) is 0. The van der Waals surface area contributed by atoms with E-state index in [1.54, 1.807) is 23.5 Å². The van der Waals surface area contributed by atoms with Gasteiger partial charge in [0.25, 0.3) is 0 Å². The van der Waals surface area contributed by atoms with Crippen molar-refractivity contribution < 1.29 is 9.53 Å². The Morgan fingerprint density at radius 1 is 1.65 bits per heavy atom. The zero-order chi connectivity index (χ0) is 13.1. The molecule has 0 amide bonds. The van der Waals surface area contributed by atoms with Crippen LogP contribution in [0.1, 0.15) is 41.0 Å². The maximum atomic E-state index is 12.0. The fraction of sp³-hybridized carbons (Fsp3) is 0.833. The number of esters is 1. The first-order chi connectivity index (χ1) is 7.81. The van der Waals surface area contributed by atoms with Crippen LogP contribution in [0.2, 0.25) is 0 Å². The van der Waals surface area contributed by atoms with Crippen LogP contribution >= 0.6 is 23.5 Å². The molecule has 0 aromatic carbocycles. The highest BCUT2D eigenvalue weighted by Crippen LogP contribution is 2.31. The lowest BCUT2D eigenvalue weighted by Crippen LogP contribution is -2.30. The van der Waals surface area contributed by atoms with Crippen molar-refractivity contribution in [2.75, 3.05) is 5.75 Å². The maximum Gasteiger partial charge on any atom is 0.320 e. The van der Waals surface area contributed by atoms with Crippen LogP contribution in [0.3, 0.4) is 0 Å². The first kappa shape index (κ1) is 14.9. The van der Waals surface area contributed by atoms with Gasteiger partial charge in [-0.1, -0.05) is 30.4 Å². The number of thioether (sulfide) groups is 2. The van der Waals surface area contributed by atoms with Crippen LogP contribution in [-0.2, 0) is 9.53 Å². The summed E-state index contributed by atoms with van der Waals surface area (Å²) in [5, 5.41) is -0.134. The van der Waals surface area contributed by atoms with Crippen molar-refractivity contribution in [3.8, 4) is 0 Å². The summed E-state index contributed by atoms with van der Waals surface area (Å²) in [6.07, 6.45) is 0.771. The molecule has 0 N–H and O–H groups in total. The van der Waals surface area contributed by atoms with Crippen molar-refractivity contribution in [3.05, 3.63) is 0 Å². The highest BCUT2D eigenvalue weighted by Gasteiger charge is 2.27. The molecule has 1 aliphatic rings. The molecule has 17 heavy (non-hydrogen) atoms. The van der Waals surface area contributed by atoms with E-state index in [4.69, 9.17) is 4.74 Å². The van der Waals surface area contributed by atoms with Crippen LogP contribution in [0.25, 0.3) is 0 Å². The van der Waals surface area contributed by atoms with Gasteiger partial charge in [-0.3, -0.25) is 9.79 Å². The van der Waals surface area contributed by atoms with Crippen molar-refractivity contribution in [2.24, 2.45) is 4.99 Å². The number of carbonyl (C=O) groups is 1. The van der Waals surface area contributed by atoms with E-state index in [1.165, 1.54) is 0 Å². The topological polar surface area (TPSA) is 38.7 Å². The van der Waals surface area contributed by atoms with Gasteiger partial charge in [-0.25, -0.2) is 0 Å². The van der Waals surface area contributed by atoms with E-state index in [9.17, 15) is 4.79 Å². The second-order valence-electron chi connectivity index (χ2n) is 5.10. The van der Waals surface area contributed by atoms with Crippen molar-refractivity contribution >= 4 is 33.9 Å². The Bertz CT molecular complexity index is 310. The minimum absolute atomic E-state index is 0.132. The van der Waals surface area contributed by atoms with Crippen molar-refractivity contribution in [1.29, 1.82) is 0 Å². The first-order valence-corrected chi connectivity index (χ1v) is 7.78. The summed E-state index contributed by atoms with van der Waals surface area (Å²) in [5.41, 5.74) is -0.414. The average molecular weight is 275 g/mol. The molecule has 0 bridgehead atoms. The molecule has 0 radical (unpaired) electrons. The van der Waals surface area contributed by atoms with Gasteiger partial charge in [0, 0.05) is 5.75 Å². The molecule has 0 unspecified atom stereocenters. The van der Waals surface area contributed by atoms with Gasteiger partial charge in [-0.15, -0.1) is 0 Å². The van der Waals surface area contributed by atoms with Crippen LogP contribution in [0, 0.1) is 0 Å². The Balaban J connectivity index is 2.54. The number of carbonyl (C=O) groups excluding carboxylic acids is 1. The van der Waals surface area contributed by atoms with Crippen LogP contribution in [0.15, 0.2) is 4.99 Å². The molecule has 0 aromatic heterocycles. The maximum absolute atomic E-state index is 12.0. The molecule has 0 saturated carbocycles. The lowest BCUT2D eigenvalue weighted by Gasteiger charge is -2.22. The summed E-state index contributed by atoms with van der Waals surface area (Å²) in [5.74, 6) is 0.889. The Morgan fingerprint density at radius 3 is 2.71 bits per heavy atom. The molecule has 5 heteroatoms. The molecule has 0 fully saturated rings. The van der Waals surface area contributed by atoms with Gasteiger partial charge in [0.05, 0.1) is 6.04 Å². The van der Waals surface area contributed by atoms with Gasteiger partial charge < -0.3 is 4.74 Å². The van der Waals surface area contributed by atoms with Crippen LogP contribution < -0.4 is 0 Å². The molecule has 3 nitrogen and oxygen atoms in total. The van der Waals surface area contributed by atoms with Crippen LogP contribution in [-0.4, -0.2) is 33.0 Å². The van der Waals surface area contributed by atoms with Crippen molar-refractivity contribution in [3.63, 3.8) is 0 Å². The van der Waals surface area contributed by atoms with Gasteiger partial charge in [0.15, 0.2) is 0 Å². The highest BCUT2D eigenvalue weighted by molar-refractivity contribution is 8.39. The molecule has 0 spiro atoms. The number of hydrogen-bond donors (Lipinski definition) is 0. The second kappa shape index (κ2) is 6.14. The number of hydrogen-bond acceptors (Lipinski definition) is 5. The van der Waals surface area contributed by atoms with Gasteiger partial charge in [-0.2, -0.15) is 0 Å². The number of ether oxygens (including phenoxy) is 1. The van der Waals surface area contributed by atoms with E-state index < -0.39 is 5.60 Å². The molecule has 0 saturated heterocycles. The smallest absolute Gasteiger partial charge is 0.320 e. The fourth-order valence-corrected chi connectivity index (χ4v) is 3.63. The fourth-order valence-electron chi connectivity index (χ4n) is 1.30.